The Morgan fingerprint density at radius 3 is 1.44 bits per heavy atom. The van der Waals surface area contributed by atoms with Crippen LogP contribution in [0.15, 0.2) is 122 Å². The average Bonchev–Trinajstić information content (AvgIpc) is 3.18. The molecule has 0 bridgehead atoms. The SMILES string of the molecule is CCCCCC(C)(C)c1ccnc(-c2ccc(-c3cccc(-c4ccc(-c5cc(C(C)(C)C)ccn5)cc4)c3C(CC)(CC)c3cc(C)cc(C)c3)cc2)c1. The van der Waals surface area contributed by atoms with Crippen molar-refractivity contribution in [1.82, 2.24) is 9.97 Å². The summed E-state index contributed by atoms with van der Waals surface area (Å²) in [5.74, 6) is 0. The number of aromatic nitrogens is 2. The number of nitrogens with zero attached hydrogens (tertiary/aromatic N) is 2. The molecule has 0 aliphatic heterocycles. The summed E-state index contributed by atoms with van der Waals surface area (Å²) in [5, 5.41) is 0. The van der Waals surface area contributed by atoms with E-state index in [2.05, 4.69) is 178 Å². The molecular formula is C53H62N2. The summed E-state index contributed by atoms with van der Waals surface area (Å²) in [4.78, 5) is 9.63. The molecule has 0 fully saturated rings. The molecule has 0 saturated carbocycles. The predicted molar refractivity (Wildman–Crippen MR) is 237 cm³/mol. The highest BCUT2D eigenvalue weighted by atomic mass is 14.7. The number of pyridine rings is 2. The minimum atomic E-state index is -0.193. The molecule has 0 radical (unpaired) electrons. The highest BCUT2D eigenvalue weighted by Gasteiger charge is 2.36. The molecule has 6 rings (SSSR count). The zero-order valence-corrected chi connectivity index (χ0v) is 35.2. The van der Waals surface area contributed by atoms with Crippen molar-refractivity contribution in [2.24, 2.45) is 0 Å². The van der Waals surface area contributed by atoms with Crippen LogP contribution in [-0.4, -0.2) is 9.97 Å². The maximum Gasteiger partial charge on any atom is 0.0704 e. The van der Waals surface area contributed by atoms with E-state index in [4.69, 9.17) is 9.97 Å². The van der Waals surface area contributed by atoms with Gasteiger partial charge in [-0.15, -0.1) is 0 Å². The van der Waals surface area contributed by atoms with Crippen molar-refractivity contribution in [3.63, 3.8) is 0 Å². The van der Waals surface area contributed by atoms with Crippen molar-refractivity contribution in [3.05, 3.63) is 155 Å². The van der Waals surface area contributed by atoms with Gasteiger partial charge in [0.1, 0.15) is 0 Å². The Morgan fingerprint density at radius 1 is 0.491 bits per heavy atom. The molecule has 0 amide bonds. The molecule has 2 nitrogen and oxygen atoms in total. The van der Waals surface area contributed by atoms with E-state index in [0.29, 0.717) is 0 Å². The molecular weight excluding hydrogens is 665 g/mol. The van der Waals surface area contributed by atoms with E-state index >= 15 is 0 Å². The Morgan fingerprint density at radius 2 is 0.964 bits per heavy atom. The van der Waals surface area contributed by atoms with Crippen LogP contribution in [0.4, 0.5) is 0 Å². The van der Waals surface area contributed by atoms with Gasteiger partial charge in [-0.1, -0.05) is 171 Å². The summed E-state index contributed by atoms with van der Waals surface area (Å²) in [6, 6.07) is 41.2. The van der Waals surface area contributed by atoms with Crippen molar-refractivity contribution in [3.8, 4) is 44.8 Å². The first-order chi connectivity index (χ1) is 26.3. The zero-order chi connectivity index (χ0) is 39.4. The predicted octanol–water partition coefficient (Wildman–Crippen LogP) is 15.0. The number of benzene rings is 4. The topological polar surface area (TPSA) is 25.8 Å². The lowest BCUT2D eigenvalue weighted by Gasteiger charge is -2.37. The number of unbranched alkanes of at least 4 members (excludes halogenated alkanes) is 2. The van der Waals surface area contributed by atoms with E-state index < -0.39 is 0 Å². The van der Waals surface area contributed by atoms with Crippen molar-refractivity contribution in [2.45, 2.75) is 124 Å². The van der Waals surface area contributed by atoms with E-state index in [0.717, 1.165) is 35.4 Å². The highest BCUT2D eigenvalue weighted by molar-refractivity contribution is 5.83. The van der Waals surface area contributed by atoms with Gasteiger partial charge >= 0.3 is 0 Å². The fourth-order valence-electron chi connectivity index (χ4n) is 8.62. The third kappa shape index (κ3) is 8.55. The molecule has 2 aromatic heterocycles. The Bertz CT molecular complexity index is 2190. The van der Waals surface area contributed by atoms with E-state index in [-0.39, 0.29) is 16.2 Å². The first-order valence-corrected chi connectivity index (χ1v) is 20.7. The standard InChI is InChI=1S/C53H62N2/c1-11-14-15-29-52(9,10)44-28-31-55-49(36-44)42-25-21-40(22-26-42)47-18-16-17-46(50(47)53(12-2,13-3)45-33-37(4)32-38(5)34-45)39-19-23-41(24-20-39)48-35-43(27-30-54-48)51(6,7)8/h16-28,30-36H,11-15,29H2,1-10H3. The smallest absolute Gasteiger partial charge is 0.0704 e. The van der Waals surface area contributed by atoms with Crippen LogP contribution in [0.25, 0.3) is 44.8 Å². The van der Waals surface area contributed by atoms with Crippen LogP contribution in [0.5, 0.6) is 0 Å². The van der Waals surface area contributed by atoms with Gasteiger partial charge in [0, 0.05) is 28.9 Å². The first kappa shape index (κ1) is 39.9. The number of aryl methyl sites for hydroxylation is 2. The van der Waals surface area contributed by atoms with Gasteiger partial charge in [0.15, 0.2) is 0 Å². The molecule has 0 N–H and O–H groups in total. The largest absolute Gasteiger partial charge is 0.256 e. The minimum Gasteiger partial charge on any atom is -0.256 e. The van der Waals surface area contributed by atoms with E-state index in [9.17, 15) is 0 Å². The van der Waals surface area contributed by atoms with E-state index in [1.54, 1.807) is 0 Å². The minimum absolute atomic E-state index is 0.0638. The molecule has 0 unspecified atom stereocenters. The lowest BCUT2D eigenvalue weighted by Crippen LogP contribution is -2.28. The third-order valence-electron chi connectivity index (χ3n) is 12.1. The molecule has 0 atom stereocenters. The lowest BCUT2D eigenvalue weighted by molar-refractivity contribution is 0.450. The molecule has 0 aliphatic carbocycles. The first-order valence-electron chi connectivity index (χ1n) is 20.7. The van der Waals surface area contributed by atoms with Crippen LogP contribution in [0.3, 0.4) is 0 Å². The van der Waals surface area contributed by atoms with Crippen molar-refractivity contribution in [1.29, 1.82) is 0 Å². The van der Waals surface area contributed by atoms with Gasteiger partial charge in [-0.05, 0) is 113 Å². The molecule has 4 aromatic carbocycles. The second-order valence-electron chi connectivity index (χ2n) is 17.5. The Kier molecular flexibility index (Phi) is 12.0. The molecule has 55 heavy (non-hydrogen) atoms. The summed E-state index contributed by atoms with van der Waals surface area (Å²) in [6.07, 6.45) is 10.9. The van der Waals surface area contributed by atoms with Gasteiger partial charge < -0.3 is 0 Å². The second kappa shape index (κ2) is 16.5. The number of hydrogen-bond acceptors (Lipinski definition) is 2. The normalized spacial score (nSPS) is 12.3. The Balaban J connectivity index is 1.47. The monoisotopic (exact) mass is 726 g/mol. The van der Waals surface area contributed by atoms with Crippen molar-refractivity contribution in [2.75, 3.05) is 0 Å². The summed E-state index contributed by atoms with van der Waals surface area (Å²) >= 11 is 0. The summed E-state index contributed by atoms with van der Waals surface area (Å²) in [6.45, 7) is 23.0. The molecule has 6 aromatic rings. The molecule has 2 heteroatoms. The van der Waals surface area contributed by atoms with Crippen LogP contribution >= 0.6 is 0 Å². The third-order valence-corrected chi connectivity index (χ3v) is 12.1. The fraction of sp³-hybridized carbons (Fsp3) is 0.358. The van der Waals surface area contributed by atoms with Crippen LogP contribution in [0.1, 0.15) is 127 Å². The fourth-order valence-corrected chi connectivity index (χ4v) is 8.62. The molecule has 0 aliphatic rings. The molecule has 2 heterocycles. The molecule has 0 spiro atoms. The Hall–Kier alpha value is -4.82. The average molecular weight is 727 g/mol. The maximum atomic E-state index is 4.86. The van der Waals surface area contributed by atoms with E-state index in [1.807, 2.05) is 12.4 Å². The molecule has 284 valence electrons. The lowest BCUT2D eigenvalue weighted by atomic mass is 9.65. The van der Waals surface area contributed by atoms with Crippen molar-refractivity contribution >= 4 is 0 Å². The van der Waals surface area contributed by atoms with Crippen molar-refractivity contribution < 1.29 is 0 Å². The Labute approximate surface area is 332 Å². The summed E-state index contributed by atoms with van der Waals surface area (Å²) in [5.41, 5.74) is 17.4. The van der Waals surface area contributed by atoms with Crippen LogP contribution in [0, 0.1) is 13.8 Å². The number of hydrogen-bond donors (Lipinski definition) is 0. The quantitative estimate of drug-likeness (QED) is 0.111. The second-order valence-corrected chi connectivity index (χ2v) is 17.5. The summed E-state index contributed by atoms with van der Waals surface area (Å²) < 4.78 is 0. The van der Waals surface area contributed by atoms with Gasteiger partial charge in [-0.2, -0.15) is 0 Å². The van der Waals surface area contributed by atoms with E-state index in [1.165, 1.54) is 81.3 Å². The van der Waals surface area contributed by atoms with Crippen LogP contribution in [-0.2, 0) is 16.2 Å². The zero-order valence-electron chi connectivity index (χ0n) is 35.2. The summed E-state index contributed by atoms with van der Waals surface area (Å²) in [7, 11) is 0. The van der Waals surface area contributed by atoms with Gasteiger partial charge in [-0.3, -0.25) is 9.97 Å². The highest BCUT2D eigenvalue weighted by Crippen LogP contribution is 2.49. The van der Waals surface area contributed by atoms with Gasteiger partial charge in [-0.25, -0.2) is 0 Å². The maximum absolute atomic E-state index is 4.86. The van der Waals surface area contributed by atoms with Gasteiger partial charge in [0.25, 0.3) is 0 Å². The van der Waals surface area contributed by atoms with Gasteiger partial charge in [0.05, 0.1) is 11.4 Å². The van der Waals surface area contributed by atoms with Gasteiger partial charge in [0.2, 0.25) is 0 Å². The molecule has 0 saturated heterocycles. The van der Waals surface area contributed by atoms with Crippen LogP contribution in [0.2, 0.25) is 0 Å². The number of rotatable bonds is 13. The van der Waals surface area contributed by atoms with Crippen LogP contribution < -0.4 is 0 Å².